The first-order chi connectivity index (χ1) is 9.86. The second-order valence-corrected chi connectivity index (χ2v) is 6.35. The van der Waals surface area contributed by atoms with Gasteiger partial charge in [0.1, 0.15) is 0 Å². The molecule has 0 saturated carbocycles. The van der Waals surface area contributed by atoms with Crippen LogP contribution in [0.25, 0.3) is 0 Å². The lowest BCUT2D eigenvalue weighted by atomic mass is 10.3. The van der Waals surface area contributed by atoms with Crippen LogP contribution in [0.15, 0.2) is 37.0 Å². The molecule has 1 N–H and O–H groups in total. The predicted octanol–water partition coefficient (Wildman–Crippen LogP) is 3.48. The molecule has 0 atom stereocenters. The highest BCUT2D eigenvalue weighted by molar-refractivity contribution is 7.99. The number of allylic oxidation sites excluding steroid dienone is 3. The standard InChI is InChI=1S/C17H30N2S/c1-3-9-17(4-2)16-20-15-8-11-18-10-7-14-19-12-5-6-13-19/h3-4,9,18H,1-2,5-8,10-16H2/b17-9+. The number of rotatable bonds is 12. The van der Waals surface area contributed by atoms with Crippen molar-refractivity contribution in [2.45, 2.75) is 25.7 Å². The maximum absolute atomic E-state index is 3.82. The van der Waals surface area contributed by atoms with Crippen molar-refractivity contribution in [2.75, 3.05) is 44.2 Å². The van der Waals surface area contributed by atoms with E-state index in [1.807, 2.05) is 30.0 Å². The molecule has 1 heterocycles. The van der Waals surface area contributed by atoms with E-state index in [1.165, 1.54) is 56.6 Å². The SMILES string of the molecule is C=C/C=C(\C=C)CSCCCNCCCN1CCCC1. The Morgan fingerprint density at radius 1 is 1.15 bits per heavy atom. The van der Waals surface area contributed by atoms with Gasteiger partial charge < -0.3 is 10.2 Å². The van der Waals surface area contributed by atoms with Gasteiger partial charge in [-0.05, 0) is 69.7 Å². The molecule has 1 fully saturated rings. The van der Waals surface area contributed by atoms with Crippen LogP contribution in [0.4, 0.5) is 0 Å². The van der Waals surface area contributed by atoms with Crippen molar-refractivity contribution in [3.8, 4) is 0 Å². The summed E-state index contributed by atoms with van der Waals surface area (Å²) in [6, 6.07) is 0. The fourth-order valence-corrected chi connectivity index (χ4v) is 3.32. The minimum absolute atomic E-state index is 1.05. The van der Waals surface area contributed by atoms with Gasteiger partial charge >= 0.3 is 0 Å². The second-order valence-electron chi connectivity index (χ2n) is 5.24. The maximum Gasteiger partial charge on any atom is 0.0184 e. The van der Waals surface area contributed by atoms with E-state index < -0.39 is 0 Å². The van der Waals surface area contributed by atoms with Gasteiger partial charge in [0.2, 0.25) is 0 Å². The van der Waals surface area contributed by atoms with Crippen molar-refractivity contribution in [3.63, 3.8) is 0 Å². The van der Waals surface area contributed by atoms with Gasteiger partial charge in [-0.25, -0.2) is 0 Å². The van der Waals surface area contributed by atoms with E-state index in [1.54, 1.807) is 0 Å². The van der Waals surface area contributed by atoms with Crippen molar-refractivity contribution < 1.29 is 0 Å². The van der Waals surface area contributed by atoms with Crippen LogP contribution in [0.2, 0.25) is 0 Å². The summed E-state index contributed by atoms with van der Waals surface area (Å²) in [4.78, 5) is 2.58. The molecule has 114 valence electrons. The second kappa shape index (κ2) is 12.2. The fourth-order valence-electron chi connectivity index (χ4n) is 2.37. The molecule has 1 rings (SSSR count). The summed E-state index contributed by atoms with van der Waals surface area (Å²) in [5.41, 5.74) is 1.27. The van der Waals surface area contributed by atoms with Crippen molar-refractivity contribution in [1.29, 1.82) is 0 Å². The molecule has 0 bridgehead atoms. The zero-order chi connectivity index (χ0) is 14.5. The molecule has 1 aliphatic heterocycles. The Labute approximate surface area is 129 Å². The first-order valence-electron chi connectivity index (χ1n) is 7.81. The molecule has 2 nitrogen and oxygen atoms in total. The molecule has 0 amide bonds. The summed E-state index contributed by atoms with van der Waals surface area (Å²) in [6.07, 6.45) is 11.1. The molecule has 1 aliphatic rings. The first kappa shape index (κ1) is 17.5. The summed E-state index contributed by atoms with van der Waals surface area (Å²) < 4.78 is 0. The van der Waals surface area contributed by atoms with Gasteiger partial charge in [-0.2, -0.15) is 11.8 Å². The topological polar surface area (TPSA) is 15.3 Å². The van der Waals surface area contributed by atoms with E-state index in [0.29, 0.717) is 0 Å². The number of nitrogens with one attached hydrogen (secondary N) is 1. The van der Waals surface area contributed by atoms with Gasteiger partial charge in [0.25, 0.3) is 0 Å². The van der Waals surface area contributed by atoms with Crippen LogP contribution >= 0.6 is 11.8 Å². The Kier molecular flexibility index (Phi) is 10.7. The number of thioether (sulfide) groups is 1. The zero-order valence-corrected chi connectivity index (χ0v) is 13.6. The monoisotopic (exact) mass is 294 g/mol. The molecular weight excluding hydrogens is 264 g/mol. The smallest absolute Gasteiger partial charge is 0.0184 e. The Morgan fingerprint density at radius 2 is 1.90 bits per heavy atom. The number of hydrogen-bond acceptors (Lipinski definition) is 3. The van der Waals surface area contributed by atoms with E-state index >= 15 is 0 Å². The van der Waals surface area contributed by atoms with Gasteiger partial charge in [0.15, 0.2) is 0 Å². The van der Waals surface area contributed by atoms with Crippen LogP contribution in [0.1, 0.15) is 25.7 Å². The normalized spacial score (nSPS) is 16.5. The van der Waals surface area contributed by atoms with Crippen LogP contribution in [0.5, 0.6) is 0 Å². The van der Waals surface area contributed by atoms with E-state index in [9.17, 15) is 0 Å². The van der Waals surface area contributed by atoms with Crippen molar-refractivity contribution in [1.82, 2.24) is 10.2 Å². The minimum Gasteiger partial charge on any atom is -0.317 e. The number of nitrogens with zero attached hydrogens (tertiary/aromatic N) is 1. The third-order valence-electron chi connectivity index (χ3n) is 3.53. The van der Waals surface area contributed by atoms with Crippen molar-refractivity contribution in [2.24, 2.45) is 0 Å². The molecule has 3 heteroatoms. The number of hydrogen-bond donors (Lipinski definition) is 1. The quantitative estimate of drug-likeness (QED) is 0.438. The largest absolute Gasteiger partial charge is 0.317 e. The Morgan fingerprint density at radius 3 is 2.60 bits per heavy atom. The van der Waals surface area contributed by atoms with Gasteiger partial charge in [0.05, 0.1) is 0 Å². The van der Waals surface area contributed by atoms with Gasteiger partial charge in [-0.1, -0.05) is 31.4 Å². The number of likely N-dealkylation sites (tertiary alicyclic amines) is 1. The molecule has 0 aliphatic carbocycles. The summed E-state index contributed by atoms with van der Waals surface area (Å²) in [5, 5.41) is 3.55. The van der Waals surface area contributed by atoms with Crippen LogP contribution in [0.3, 0.4) is 0 Å². The van der Waals surface area contributed by atoms with E-state index in [2.05, 4.69) is 23.4 Å². The van der Waals surface area contributed by atoms with Crippen molar-refractivity contribution >= 4 is 11.8 Å². The Hall–Kier alpha value is -0.510. The molecule has 0 aromatic carbocycles. The third kappa shape index (κ3) is 8.62. The first-order valence-corrected chi connectivity index (χ1v) is 8.97. The fraction of sp³-hybridized carbons (Fsp3) is 0.647. The Bertz CT molecular complexity index is 293. The van der Waals surface area contributed by atoms with E-state index in [4.69, 9.17) is 0 Å². The lowest BCUT2D eigenvalue weighted by molar-refractivity contribution is 0.331. The predicted molar refractivity (Wildman–Crippen MR) is 93.6 cm³/mol. The van der Waals surface area contributed by atoms with Gasteiger partial charge in [0, 0.05) is 5.75 Å². The lowest BCUT2D eigenvalue weighted by Gasteiger charge is -2.14. The summed E-state index contributed by atoms with van der Waals surface area (Å²) in [6.45, 7) is 13.7. The molecule has 0 radical (unpaired) electrons. The summed E-state index contributed by atoms with van der Waals surface area (Å²) >= 11 is 1.97. The van der Waals surface area contributed by atoms with Crippen LogP contribution in [-0.4, -0.2) is 49.1 Å². The van der Waals surface area contributed by atoms with Gasteiger partial charge in [-0.3, -0.25) is 0 Å². The molecule has 20 heavy (non-hydrogen) atoms. The molecule has 0 spiro atoms. The molecule has 1 saturated heterocycles. The van der Waals surface area contributed by atoms with Crippen LogP contribution < -0.4 is 5.32 Å². The van der Waals surface area contributed by atoms with Crippen molar-refractivity contribution in [3.05, 3.63) is 37.0 Å². The summed E-state index contributed by atoms with van der Waals surface area (Å²) in [5.74, 6) is 2.26. The van der Waals surface area contributed by atoms with E-state index in [-0.39, 0.29) is 0 Å². The Balaban J connectivity index is 1.83. The maximum atomic E-state index is 3.82. The van der Waals surface area contributed by atoms with Gasteiger partial charge in [-0.15, -0.1) is 0 Å². The highest BCUT2D eigenvalue weighted by atomic mass is 32.2. The lowest BCUT2D eigenvalue weighted by Crippen LogP contribution is -2.25. The zero-order valence-electron chi connectivity index (χ0n) is 12.8. The molecular formula is C17H30N2S. The third-order valence-corrected chi connectivity index (χ3v) is 4.65. The highest BCUT2D eigenvalue weighted by Gasteiger charge is 2.09. The summed E-state index contributed by atoms with van der Waals surface area (Å²) in [7, 11) is 0. The molecule has 0 aromatic rings. The van der Waals surface area contributed by atoms with Crippen LogP contribution in [-0.2, 0) is 0 Å². The van der Waals surface area contributed by atoms with Crippen LogP contribution in [0, 0.1) is 0 Å². The molecule has 0 unspecified atom stereocenters. The highest BCUT2D eigenvalue weighted by Crippen LogP contribution is 2.10. The van der Waals surface area contributed by atoms with E-state index in [0.717, 1.165) is 18.8 Å². The minimum atomic E-state index is 1.05. The average Bonchev–Trinajstić information content (AvgIpc) is 2.97. The average molecular weight is 295 g/mol. The molecule has 0 aromatic heterocycles.